The third-order valence-corrected chi connectivity index (χ3v) is 5.38. The molecule has 1 nitrogen and oxygen atoms in total. The third kappa shape index (κ3) is 2.76. The topological polar surface area (TPSA) is 12.0 Å². The molecule has 2 unspecified atom stereocenters. The molecule has 2 aromatic rings. The van der Waals surface area contributed by atoms with Crippen LogP contribution in [0.5, 0.6) is 0 Å². The Balaban J connectivity index is 1.44. The summed E-state index contributed by atoms with van der Waals surface area (Å²) in [5.41, 5.74) is 7.78. The highest BCUT2D eigenvalue weighted by Crippen LogP contribution is 2.52. The van der Waals surface area contributed by atoms with Crippen LogP contribution in [-0.2, 0) is 0 Å². The fourth-order valence-electron chi connectivity index (χ4n) is 3.92. The van der Waals surface area contributed by atoms with Crippen LogP contribution < -0.4 is 5.32 Å². The van der Waals surface area contributed by atoms with Gasteiger partial charge in [0.1, 0.15) is 0 Å². The van der Waals surface area contributed by atoms with Gasteiger partial charge in [0.15, 0.2) is 0 Å². The molecule has 0 radical (unpaired) electrons. The maximum Gasteiger partial charge on any atom is 0.0457 e. The SMILES string of the molecule is C1=CC(Nc2ccc(-c3ccccc3)cc2)=C2C=CC3CC3C2=CC1. The van der Waals surface area contributed by atoms with Gasteiger partial charge in [-0.2, -0.15) is 0 Å². The van der Waals surface area contributed by atoms with Crippen molar-refractivity contribution in [2.75, 3.05) is 5.32 Å². The smallest absolute Gasteiger partial charge is 0.0457 e. The summed E-state index contributed by atoms with van der Waals surface area (Å²) in [5, 5.41) is 3.64. The summed E-state index contributed by atoms with van der Waals surface area (Å²) in [6.07, 6.45) is 14.0. The van der Waals surface area contributed by atoms with Crippen LogP contribution in [0.4, 0.5) is 5.69 Å². The molecule has 25 heavy (non-hydrogen) atoms. The van der Waals surface area contributed by atoms with Gasteiger partial charge in [-0.3, -0.25) is 0 Å². The monoisotopic (exact) mass is 323 g/mol. The summed E-state index contributed by atoms with van der Waals surface area (Å²) in [7, 11) is 0. The van der Waals surface area contributed by atoms with Crippen LogP contribution in [-0.4, -0.2) is 0 Å². The molecular weight excluding hydrogens is 302 g/mol. The van der Waals surface area contributed by atoms with Crippen LogP contribution in [0.25, 0.3) is 11.1 Å². The lowest BCUT2D eigenvalue weighted by molar-refractivity contribution is 0.908. The van der Waals surface area contributed by atoms with Crippen LogP contribution in [0.2, 0.25) is 0 Å². The van der Waals surface area contributed by atoms with E-state index in [0.717, 1.165) is 23.9 Å². The quantitative estimate of drug-likeness (QED) is 0.718. The number of hydrogen-bond acceptors (Lipinski definition) is 1. The highest BCUT2D eigenvalue weighted by atomic mass is 14.9. The molecular formula is C24H21N. The second kappa shape index (κ2) is 5.93. The van der Waals surface area contributed by atoms with Crippen molar-refractivity contribution in [3.63, 3.8) is 0 Å². The first kappa shape index (κ1) is 14.5. The molecule has 3 aliphatic carbocycles. The van der Waals surface area contributed by atoms with Gasteiger partial charge in [0, 0.05) is 17.0 Å². The van der Waals surface area contributed by atoms with Gasteiger partial charge in [-0.1, -0.05) is 66.8 Å². The summed E-state index contributed by atoms with van der Waals surface area (Å²) in [4.78, 5) is 0. The summed E-state index contributed by atoms with van der Waals surface area (Å²) in [5.74, 6) is 1.55. The molecule has 0 aliphatic heterocycles. The number of allylic oxidation sites excluding steroid dienone is 7. The van der Waals surface area contributed by atoms with Crippen LogP contribution >= 0.6 is 0 Å². The van der Waals surface area contributed by atoms with Gasteiger partial charge in [-0.25, -0.2) is 0 Å². The standard InChI is InChI=1S/C24H21N/c1-2-6-17(7-3-1)18-10-13-20(14-11-18)25-24-9-5-4-8-21-22(24)15-12-19-16-23(19)21/h1-3,5-15,19,23,25H,4,16H2. The maximum absolute atomic E-state index is 3.64. The fraction of sp³-hybridized carbons (Fsp3) is 0.167. The lowest BCUT2D eigenvalue weighted by Crippen LogP contribution is -2.05. The molecule has 1 fully saturated rings. The molecule has 2 aromatic carbocycles. The lowest BCUT2D eigenvalue weighted by Gasteiger charge is -2.17. The summed E-state index contributed by atoms with van der Waals surface area (Å²) in [6.45, 7) is 0. The van der Waals surface area contributed by atoms with Crippen molar-refractivity contribution in [2.45, 2.75) is 12.8 Å². The van der Waals surface area contributed by atoms with Crippen molar-refractivity contribution in [3.8, 4) is 11.1 Å². The molecule has 1 saturated carbocycles. The van der Waals surface area contributed by atoms with Gasteiger partial charge < -0.3 is 5.32 Å². The Morgan fingerprint density at radius 3 is 2.48 bits per heavy atom. The van der Waals surface area contributed by atoms with E-state index in [9.17, 15) is 0 Å². The number of fused-ring (bicyclic) bond motifs is 3. The summed E-state index contributed by atoms with van der Waals surface area (Å²) < 4.78 is 0. The summed E-state index contributed by atoms with van der Waals surface area (Å²) >= 11 is 0. The van der Waals surface area contributed by atoms with E-state index >= 15 is 0 Å². The Morgan fingerprint density at radius 1 is 0.840 bits per heavy atom. The highest BCUT2D eigenvalue weighted by molar-refractivity contribution is 5.68. The molecule has 3 aliphatic rings. The number of nitrogens with one attached hydrogen (secondary N) is 1. The highest BCUT2D eigenvalue weighted by Gasteiger charge is 2.41. The second-order valence-corrected chi connectivity index (χ2v) is 7.06. The van der Waals surface area contributed by atoms with E-state index < -0.39 is 0 Å². The van der Waals surface area contributed by atoms with E-state index in [1.54, 1.807) is 5.57 Å². The van der Waals surface area contributed by atoms with Crippen molar-refractivity contribution in [1.82, 2.24) is 0 Å². The van der Waals surface area contributed by atoms with Crippen LogP contribution in [0, 0.1) is 11.8 Å². The average Bonchev–Trinajstić information content (AvgIpc) is 3.46. The Hall–Kier alpha value is -2.80. The fourth-order valence-corrected chi connectivity index (χ4v) is 3.92. The molecule has 1 N–H and O–H groups in total. The van der Waals surface area contributed by atoms with E-state index in [-0.39, 0.29) is 0 Å². The predicted octanol–water partition coefficient (Wildman–Crippen LogP) is 6.11. The van der Waals surface area contributed by atoms with E-state index in [4.69, 9.17) is 0 Å². The molecule has 0 amide bonds. The molecule has 1 heteroatoms. The van der Waals surface area contributed by atoms with Gasteiger partial charge in [-0.05, 0) is 59.6 Å². The minimum Gasteiger partial charge on any atom is -0.355 e. The van der Waals surface area contributed by atoms with E-state index in [0.29, 0.717) is 0 Å². The minimum atomic E-state index is 0.761. The van der Waals surface area contributed by atoms with Gasteiger partial charge in [-0.15, -0.1) is 0 Å². The normalized spacial score (nSPS) is 23.4. The molecule has 122 valence electrons. The van der Waals surface area contributed by atoms with Crippen molar-refractivity contribution in [3.05, 3.63) is 102 Å². The maximum atomic E-state index is 3.64. The van der Waals surface area contributed by atoms with Crippen molar-refractivity contribution in [2.24, 2.45) is 11.8 Å². The number of rotatable bonds is 3. The van der Waals surface area contributed by atoms with Crippen molar-refractivity contribution >= 4 is 5.69 Å². The van der Waals surface area contributed by atoms with Gasteiger partial charge in [0.2, 0.25) is 0 Å². The third-order valence-electron chi connectivity index (χ3n) is 5.38. The predicted molar refractivity (Wildman–Crippen MR) is 105 cm³/mol. The first-order valence-corrected chi connectivity index (χ1v) is 9.10. The van der Waals surface area contributed by atoms with Crippen LogP contribution in [0.3, 0.4) is 0 Å². The molecule has 5 rings (SSSR count). The first-order valence-electron chi connectivity index (χ1n) is 9.10. The number of anilines is 1. The summed E-state index contributed by atoms with van der Waals surface area (Å²) in [6, 6.07) is 19.2. The minimum absolute atomic E-state index is 0.761. The number of hydrogen-bond donors (Lipinski definition) is 1. The lowest BCUT2D eigenvalue weighted by atomic mass is 9.93. The Labute approximate surface area is 149 Å². The molecule has 0 saturated heterocycles. The molecule has 0 bridgehead atoms. The first-order chi connectivity index (χ1) is 12.4. The van der Waals surface area contributed by atoms with E-state index in [1.165, 1.54) is 28.8 Å². The van der Waals surface area contributed by atoms with E-state index in [2.05, 4.69) is 90.3 Å². The zero-order chi connectivity index (χ0) is 16.6. The largest absolute Gasteiger partial charge is 0.355 e. The molecule has 0 spiro atoms. The second-order valence-electron chi connectivity index (χ2n) is 7.06. The molecule has 0 aromatic heterocycles. The average molecular weight is 323 g/mol. The zero-order valence-corrected chi connectivity index (χ0v) is 14.2. The van der Waals surface area contributed by atoms with Gasteiger partial charge in [0.05, 0.1) is 0 Å². The van der Waals surface area contributed by atoms with Crippen LogP contribution in [0.1, 0.15) is 12.8 Å². The van der Waals surface area contributed by atoms with E-state index in [1.807, 2.05) is 0 Å². The van der Waals surface area contributed by atoms with Gasteiger partial charge >= 0.3 is 0 Å². The Morgan fingerprint density at radius 2 is 1.64 bits per heavy atom. The molecule has 2 atom stereocenters. The van der Waals surface area contributed by atoms with Crippen molar-refractivity contribution in [1.29, 1.82) is 0 Å². The number of benzene rings is 2. The Kier molecular flexibility index (Phi) is 3.45. The zero-order valence-electron chi connectivity index (χ0n) is 14.2. The van der Waals surface area contributed by atoms with Crippen molar-refractivity contribution < 1.29 is 0 Å². The Bertz CT molecular complexity index is 910. The van der Waals surface area contributed by atoms with Gasteiger partial charge in [0.25, 0.3) is 0 Å². The van der Waals surface area contributed by atoms with Crippen LogP contribution in [0.15, 0.2) is 102 Å². The molecule has 0 heterocycles.